The lowest BCUT2D eigenvalue weighted by molar-refractivity contribution is -0.388. The molecule has 0 unspecified atom stereocenters. The first-order chi connectivity index (χ1) is 8.50. The van der Waals surface area contributed by atoms with Crippen LogP contribution in [0.2, 0.25) is 0 Å². The number of rotatable bonds is 3. The van der Waals surface area contributed by atoms with Crippen LogP contribution in [0.5, 0.6) is 0 Å². The topological polar surface area (TPSA) is 77.3 Å². The van der Waals surface area contributed by atoms with E-state index in [4.69, 9.17) is 10.7 Å². The number of halogens is 4. The van der Waals surface area contributed by atoms with Crippen molar-refractivity contribution < 1.29 is 26.5 Å². The largest absolute Gasteiger partial charge is 0.424 e. The smallest absolute Gasteiger partial charge is 0.258 e. The number of hydrogen-bond donors (Lipinski definition) is 0. The van der Waals surface area contributed by atoms with Crippen LogP contribution >= 0.6 is 10.7 Å². The monoisotopic (exact) mass is 317 g/mol. The molecule has 0 aliphatic rings. The molecule has 0 atom stereocenters. The fraction of sp³-hybridized carbons (Fsp3) is 0.333. The summed E-state index contributed by atoms with van der Waals surface area (Å²) in [5.41, 5.74) is -3.41. The molecule has 1 aromatic carbocycles. The number of aryl methyl sites for hydroxylation is 1. The van der Waals surface area contributed by atoms with Gasteiger partial charge in [-0.05, 0) is 12.0 Å². The number of nitro groups is 1. The molecular formula is C9H7ClF3NO4S. The molecule has 0 radical (unpaired) electrons. The van der Waals surface area contributed by atoms with Crippen molar-refractivity contribution in [2.24, 2.45) is 0 Å². The van der Waals surface area contributed by atoms with Gasteiger partial charge in [0, 0.05) is 16.7 Å². The molecule has 0 N–H and O–H groups in total. The molecule has 1 aromatic rings. The maximum Gasteiger partial charge on any atom is 0.424 e. The van der Waals surface area contributed by atoms with E-state index in [2.05, 4.69) is 0 Å². The van der Waals surface area contributed by atoms with Gasteiger partial charge in [-0.3, -0.25) is 10.1 Å². The molecule has 1 rings (SSSR count). The zero-order valence-corrected chi connectivity index (χ0v) is 10.9. The second kappa shape index (κ2) is 4.97. The van der Waals surface area contributed by atoms with Crippen molar-refractivity contribution in [1.82, 2.24) is 0 Å². The van der Waals surface area contributed by atoms with Gasteiger partial charge in [-0.25, -0.2) is 8.42 Å². The van der Waals surface area contributed by atoms with Gasteiger partial charge < -0.3 is 0 Å². The summed E-state index contributed by atoms with van der Waals surface area (Å²) in [6.45, 7) is 1.41. The first-order valence-corrected chi connectivity index (χ1v) is 7.13. The summed E-state index contributed by atoms with van der Waals surface area (Å²) < 4.78 is 61.3. The van der Waals surface area contributed by atoms with E-state index < -0.39 is 36.3 Å². The molecule has 106 valence electrons. The predicted molar refractivity (Wildman–Crippen MR) is 60.5 cm³/mol. The Morgan fingerprint density at radius 3 is 2.21 bits per heavy atom. The number of nitro benzene ring substituents is 1. The quantitative estimate of drug-likeness (QED) is 0.487. The molecule has 5 nitrogen and oxygen atoms in total. The summed E-state index contributed by atoms with van der Waals surface area (Å²) in [7, 11) is 0.212. The second-order valence-corrected chi connectivity index (χ2v) is 6.00. The Kier molecular flexibility index (Phi) is 4.11. The van der Waals surface area contributed by atoms with E-state index in [-0.39, 0.29) is 12.0 Å². The lowest BCUT2D eigenvalue weighted by Crippen LogP contribution is -2.15. The van der Waals surface area contributed by atoms with E-state index in [1.165, 1.54) is 6.92 Å². The molecule has 0 spiro atoms. The molecule has 0 aliphatic carbocycles. The van der Waals surface area contributed by atoms with Crippen LogP contribution in [0.3, 0.4) is 0 Å². The summed E-state index contributed by atoms with van der Waals surface area (Å²) in [5.74, 6) is 0. The standard InChI is InChI=1S/C9H7ClF3NO4S/c1-2-5-3-4-6(14(15)16)7(9(11,12)13)8(5)19(10,17)18/h3-4H,2H2,1H3. The SMILES string of the molecule is CCc1ccc([N+](=O)[O-])c(C(F)(F)F)c1S(=O)(=O)Cl. The Labute approximate surface area is 110 Å². The van der Waals surface area contributed by atoms with Gasteiger partial charge in [0.15, 0.2) is 5.56 Å². The maximum absolute atomic E-state index is 12.9. The van der Waals surface area contributed by atoms with E-state index in [9.17, 15) is 31.7 Å². The molecule has 0 fully saturated rings. The number of nitrogens with zero attached hydrogens (tertiary/aromatic N) is 1. The highest BCUT2D eigenvalue weighted by atomic mass is 35.7. The van der Waals surface area contributed by atoms with Crippen molar-refractivity contribution in [3.63, 3.8) is 0 Å². The van der Waals surface area contributed by atoms with E-state index >= 15 is 0 Å². The maximum atomic E-state index is 12.9. The van der Waals surface area contributed by atoms with E-state index in [1.807, 2.05) is 0 Å². The van der Waals surface area contributed by atoms with Crippen LogP contribution in [-0.4, -0.2) is 13.3 Å². The Bertz CT molecular complexity index is 627. The summed E-state index contributed by atoms with van der Waals surface area (Å²) in [6.07, 6.45) is -5.27. The molecule has 0 amide bonds. The summed E-state index contributed by atoms with van der Waals surface area (Å²) in [6, 6.07) is 1.57. The second-order valence-electron chi connectivity index (χ2n) is 3.49. The third-order valence-electron chi connectivity index (χ3n) is 2.32. The lowest BCUT2D eigenvalue weighted by atomic mass is 10.1. The zero-order valence-electron chi connectivity index (χ0n) is 9.36. The highest BCUT2D eigenvalue weighted by Crippen LogP contribution is 2.42. The van der Waals surface area contributed by atoms with Gasteiger partial charge in [0.05, 0.1) is 4.92 Å². The average molecular weight is 318 g/mol. The molecule has 19 heavy (non-hydrogen) atoms. The van der Waals surface area contributed by atoms with Crippen molar-refractivity contribution in [2.45, 2.75) is 24.4 Å². The normalized spacial score (nSPS) is 12.5. The summed E-state index contributed by atoms with van der Waals surface area (Å²) in [5, 5.41) is 10.6. The first-order valence-electron chi connectivity index (χ1n) is 4.82. The minimum atomic E-state index is -5.20. The van der Waals surface area contributed by atoms with Crippen LogP contribution in [0.4, 0.5) is 18.9 Å². The van der Waals surface area contributed by atoms with Crippen molar-refractivity contribution in [2.75, 3.05) is 0 Å². The summed E-state index contributed by atoms with van der Waals surface area (Å²) in [4.78, 5) is 8.07. The van der Waals surface area contributed by atoms with Gasteiger partial charge in [0.2, 0.25) is 0 Å². The minimum Gasteiger partial charge on any atom is -0.258 e. The van der Waals surface area contributed by atoms with Crippen LogP contribution in [-0.2, 0) is 21.6 Å². The Morgan fingerprint density at radius 1 is 1.37 bits per heavy atom. The van der Waals surface area contributed by atoms with Gasteiger partial charge in [0.1, 0.15) is 4.90 Å². The van der Waals surface area contributed by atoms with E-state index in [0.29, 0.717) is 6.07 Å². The molecule has 0 saturated heterocycles. The molecular weight excluding hydrogens is 311 g/mol. The molecule has 10 heteroatoms. The Hall–Kier alpha value is -1.35. The minimum absolute atomic E-state index is 0.0671. The van der Waals surface area contributed by atoms with Crippen LogP contribution in [0.15, 0.2) is 17.0 Å². The van der Waals surface area contributed by atoms with Gasteiger partial charge in [-0.1, -0.05) is 13.0 Å². The average Bonchev–Trinajstić information content (AvgIpc) is 2.24. The Balaban J connectivity index is 3.94. The van der Waals surface area contributed by atoms with E-state index in [1.54, 1.807) is 0 Å². The van der Waals surface area contributed by atoms with Gasteiger partial charge in [0.25, 0.3) is 14.7 Å². The van der Waals surface area contributed by atoms with Crippen LogP contribution < -0.4 is 0 Å². The van der Waals surface area contributed by atoms with Crippen molar-refractivity contribution in [1.29, 1.82) is 0 Å². The number of benzene rings is 1. The predicted octanol–water partition coefficient (Wildman–Crippen LogP) is 3.10. The zero-order chi connectivity index (χ0) is 15.0. The van der Waals surface area contributed by atoms with Crippen LogP contribution in [0.25, 0.3) is 0 Å². The van der Waals surface area contributed by atoms with Crippen molar-refractivity contribution >= 4 is 25.4 Å². The molecule has 0 aromatic heterocycles. The molecule has 0 heterocycles. The summed E-state index contributed by atoms with van der Waals surface area (Å²) >= 11 is 0. The fourth-order valence-corrected chi connectivity index (χ4v) is 3.12. The van der Waals surface area contributed by atoms with E-state index in [0.717, 1.165) is 6.07 Å². The van der Waals surface area contributed by atoms with Gasteiger partial charge in [-0.15, -0.1) is 0 Å². The van der Waals surface area contributed by atoms with Crippen molar-refractivity contribution in [3.8, 4) is 0 Å². The van der Waals surface area contributed by atoms with Crippen molar-refractivity contribution in [3.05, 3.63) is 33.4 Å². The van der Waals surface area contributed by atoms with Crippen LogP contribution in [0, 0.1) is 10.1 Å². The lowest BCUT2D eigenvalue weighted by Gasteiger charge is -2.14. The molecule has 0 aliphatic heterocycles. The molecule has 0 bridgehead atoms. The van der Waals surface area contributed by atoms with Gasteiger partial charge in [-0.2, -0.15) is 13.2 Å². The number of hydrogen-bond acceptors (Lipinski definition) is 4. The third kappa shape index (κ3) is 3.16. The molecule has 0 saturated carbocycles. The van der Waals surface area contributed by atoms with Gasteiger partial charge >= 0.3 is 6.18 Å². The number of alkyl halides is 3. The third-order valence-corrected chi connectivity index (χ3v) is 3.74. The Morgan fingerprint density at radius 2 is 1.89 bits per heavy atom. The highest BCUT2D eigenvalue weighted by molar-refractivity contribution is 8.13. The van der Waals surface area contributed by atoms with Crippen LogP contribution in [0.1, 0.15) is 18.1 Å². The fourth-order valence-electron chi connectivity index (χ4n) is 1.60. The first kappa shape index (κ1) is 15.7. The highest BCUT2D eigenvalue weighted by Gasteiger charge is 2.44.